The summed E-state index contributed by atoms with van der Waals surface area (Å²) < 4.78 is 117. The molecule has 0 bridgehead atoms. The molecule has 8 N–H and O–H groups in total. The first kappa shape index (κ1) is 38.4. The number of alkyl halides is 6. The molecule has 4 aromatic carbocycles. The maximum absolute atomic E-state index is 16.3. The van der Waals surface area contributed by atoms with Gasteiger partial charge in [0.15, 0.2) is 0 Å². The fraction of sp³-hybridized carbons (Fsp3) is 0.0667. The number of rotatable bonds is 11. The second kappa shape index (κ2) is 14.8. The number of hydrogen-bond donors (Lipinski definition) is 4. The van der Waals surface area contributed by atoms with Gasteiger partial charge < -0.3 is 22.9 Å². The average Bonchev–Trinajstić information content (AvgIpc) is 3.01. The van der Waals surface area contributed by atoms with Crippen molar-refractivity contribution < 1.29 is 54.3 Å². The second-order valence-electron chi connectivity index (χ2n) is 9.75. The van der Waals surface area contributed by atoms with E-state index in [1.807, 2.05) is 0 Å². The van der Waals surface area contributed by atoms with Crippen LogP contribution in [0.25, 0.3) is 11.1 Å². The monoisotopic (exact) mass is 778 g/mol. The standard InChI is InChI=1S/C30H18F8N4O4S4/c31-18-6-2-4-14(26(40)44)22(18)48-50-24-16(28(42)46)10-8-12(20(24)32)11-7-9-15(27(41)45)23(19(11)30(36,37)38)49-47-21-13(25(39)43)3-1-5-17(21)29(33,34)35/h1-10H,(H2,39,43)(H2,40,44)(H2,41,45)(H2,42,46). The predicted octanol–water partition coefficient (Wildman–Crippen LogP) is 7.66. The molecule has 4 rings (SSSR count). The predicted molar refractivity (Wildman–Crippen MR) is 172 cm³/mol. The molecule has 0 heterocycles. The van der Waals surface area contributed by atoms with Gasteiger partial charge in [0.25, 0.3) is 0 Å². The van der Waals surface area contributed by atoms with Gasteiger partial charge in [0.2, 0.25) is 23.6 Å². The van der Waals surface area contributed by atoms with Crippen LogP contribution in [0, 0.1) is 11.6 Å². The zero-order chi connectivity index (χ0) is 37.3. The smallest absolute Gasteiger partial charge is 0.366 e. The minimum absolute atomic E-state index is 0.0191. The van der Waals surface area contributed by atoms with E-state index < -0.39 is 106 Å². The first-order valence-corrected chi connectivity index (χ1v) is 17.5. The average molecular weight is 779 g/mol. The van der Waals surface area contributed by atoms with Crippen molar-refractivity contribution in [2.45, 2.75) is 31.9 Å². The van der Waals surface area contributed by atoms with Gasteiger partial charge in [0.05, 0.1) is 43.2 Å². The molecule has 0 spiro atoms. The van der Waals surface area contributed by atoms with Crippen LogP contribution >= 0.6 is 43.2 Å². The number of halogens is 8. The Balaban J connectivity index is 1.94. The molecule has 4 aromatic rings. The summed E-state index contributed by atoms with van der Waals surface area (Å²) in [4.78, 5) is 45.3. The Bertz CT molecular complexity index is 2060. The number of amides is 4. The van der Waals surface area contributed by atoms with Crippen molar-refractivity contribution in [3.8, 4) is 11.1 Å². The Labute approximate surface area is 291 Å². The minimum Gasteiger partial charge on any atom is -0.366 e. The number of carbonyl (C=O) groups is 4. The van der Waals surface area contributed by atoms with E-state index in [1.165, 1.54) is 6.07 Å². The normalized spacial score (nSPS) is 11.8. The SMILES string of the molecule is NC(=O)c1cccc(F)c1SSc1c(C(N)=O)ccc(-c2ccc(C(N)=O)c(SSc3c(C(N)=O)cccc3C(F)(F)F)c2C(F)(F)F)c1F. The van der Waals surface area contributed by atoms with Gasteiger partial charge in [0, 0.05) is 15.4 Å². The Morgan fingerprint density at radius 3 is 1.42 bits per heavy atom. The van der Waals surface area contributed by atoms with Crippen LogP contribution in [0.2, 0.25) is 0 Å². The van der Waals surface area contributed by atoms with Crippen molar-refractivity contribution >= 4 is 66.8 Å². The lowest BCUT2D eigenvalue weighted by molar-refractivity contribution is -0.140. The lowest BCUT2D eigenvalue weighted by Gasteiger charge is -2.21. The molecular formula is C30H18F8N4O4S4. The molecule has 0 saturated carbocycles. The van der Waals surface area contributed by atoms with Crippen LogP contribution < -0.4 is 22.9 Å². The van der Waals surface area contributed by atoms with Crippen LogP contribution in [0.1, 0.15) is 52.6 Å². The molecular weight excluding hydrogens is 761 g/mol. The van der Waals surface area contributed by atoms with Crippen molar-refractivity contribution in [1.29, 1.82) is 0 Å². The summed E-state index contributed by atoms with van der Waals surface area (Å²) in [7, 11) is 0.744. The first-order valence-electron chi connectivity index (χ1n) is 13.2. The summed E-state index contributed by atoms with van der Waals surface area (Å²) in [5.41, 5.74) is 13.9. The van der Waals surface area contributed by atoms with Crippen LogP contribution in [0.15, 0.2) is 80.2 Å². The van der Waals surface area contributed by atoms with Crippen LogP contribution in [0.4, 0.5) is 35.1 Å². The summed E-state index contributed by atoms with van der Waals surface area (Å²) in [6.45, 7) is 0. The highest BCUT2D eigenvalue weighted by atomic mass is 33.1. The Morgan fingerprint density at radius 2 is 0.900 bits per heavy atom. The number of benzene rings is 4. The van der Waals surface area contributed by atoms with Gasteiger partial charge in [-0.3, -0.25) is 19.2 Å². The third-order valence-electron chi connectivity index (χ3n) is 6.59. The zero-order valence-electron chi connectivity index (χ0n) is 24.4. The van der Waals surface area contributed by atoms with Crippen molar-refractivity contribution in [3.05, 3.63) is 106 Å². The van der Waals surface area contributed by atoms with E-state index in [2.05, 4.69) is 0 Å². The maximum Gasteiger partial charge on any atom is 0.418 e. The second-order valence-corrected chi connectivity index (χ2v) is 14.1. The van der Waals surface area contributed by atoms with Crippen molar-refractivity contribution in [1.82, 2.24) is 0 Å². The number of primary amides is 4. The highest BCUT2D eigenvalue weighted by Crippen LogP contribution is 2.53. The molecule has 0 unspecified atom stereocenters. The molecule has 4 amide bonds. The Kier molecular flexibility index (Phi) is 11.4. The molecule has 0 aliphatic heterocycles. The minimum atomic E-state index is -5.43. The summed E-state index contributed by atoms with van der Waals surface area (Å²) in [6.07, 6.45) is -10.5. The molecule has 262 valence electrons. The Hall–Kier alpha value is -4.40. The first-order chi connectivity index (χ1) is 23.2. The van der Waals surface area contributed by atoms with E-state index in [4.69, 9.17) is 22.9 Å². The van der Waals surface area contributed by atoms with Crippen LogP contribution in [0.3, 0.4) is 0 Å². The van der Waals surface area contributed by atoms with Gasteiger partial charge in [-0.25, -0.2) is 8.78 Å². The van der Waals surface area contributed by atoms with E-state index in [9.17, 15) is 49.9 Å². The summed E-state index contributed by atoms with van der Waals surface area (Å²) in [5.74, 6) is -7.51. The highest BCUT2D eigenvalue weighted by molar-refractivity contribution is 8.77. The van der Waals surface area contributed by atoms with Crippen LogP contribution in [-0.4, -0.2) is 23.6 Å². The van der Waals surface area contributed by atoms with Crippen molar-refractivity contribution in [3.63, 3.8) is 0 Å². The summed E-state index contributed by atoms with van der Waals surface area (Å²) in [6, 6.07) is 8.71. The van der Waals surface area contributed by atoms with Gasteiger partial charge in [-0.1, -0.05) is 45.9 Å². The molecule has 0 fully saturated rings. The summed E-state index contributed by atoms with van der Waals surface area (Å²) in [5, 5.41) is 0. The topological polar surface area (TPSA) is 172 Å². The largest absolute Gasteiger partial charge is 0.418 e. The van der Waals surface area contributed by atoms with Gasteiger partial charge in [0.1, 0.15) is 11.6 Å². The van der Waals surface area contributed by atoms with Gasteiger partial charge in [-0.15, -0.1) is 0 Å². The number of nitrogens with two attached hydrogens (primary N) is 4. The highest BCUT2D eigenvalue weighted by Gasteiger charge is 2.41. The fourth-order valence-electron chi connectivity index (χ4n) is 4.41. The van der Waals surface area contributed by atoms with Gasteiger partial charge in [-0.2, -0.15) is 26.3 Å². The molecule has 0 radical (unpaired) electrons. The quantitative estimate of drug-likeness (QED) is 0.0888. The van der Waals surface area contributed by atoms with E-state index in [-0.39, 0.29) is 27.2 Å². The molecule has 0 saturated heterocycles. The summed E-state index contributed by atoms with van der Waals surface area (Å²) >= 11 is 0. The van der Waals surface area contributed by atoms with E-state index in [0.717, 1.165) is 42.5 Å². The van der Waals surface area contributed by atoms with Crippen LogP contribution in [-0.2, 0) is 12.4 Å². The molecule has 0 aliphatic carbocycles. The molecule has 0 atom stereocenters. The lowest BCUT2D eigenvalue weighted by Crippen LogP contribution is -2.18. The molecule has 50 heavy (non-hydrogen) atoms. The van der Waals surface area contributed by atoms with Gasteiger partial charge >= 0.3 is 12.4 Å². The van der Waals surface area contributed by atoms with Gasteiger partial charge in [-0.05, 0) is 63.5 Å². The van der Waals surface area contributed by atoms with Crippen molar-refractivity contribution in [2.75, 3.05) is 0 Å². The number of carbonyl (C=O) groups excluding carboxylic acids is 4. The van der Waals surface area contributed by atoms with Crippen molar-refractivity contribution in [2.24, 2.45) is 22.9 Å². The zero-order valence-corrected chi connectivity index (χ0v) is 27.6. The lowest BCUT2D eigenvalue weighted by atomic mass is 9.95. The van der Waals surface area contributed by atoms with Crippen LogP contribution in [0.5, 0.6) is 0 Å². The Morgan fingerprint density at radius 1 is 0.480 bits per heavy atom. The third-order valence-corrected chi connectivity index (χ3v) is 11.6. The maximum atomic E-state index is 16.3. The molecule has 20 heteroatoms. The molecule has 0 aromatic heterocycles. The van der Waals surface area contributed by atoms with E-state index >= 15 is 4.39 Å². The molecule has 0 aliphatic rings. The number of hydrogen-bond acceptors (Lipinski definition) is 8. The fourth-order valence-corrected chi connectivity index (χ4v) is 9.74. The molecule has 8 nitrogen and oxygen atoms in total. The third kappa shape index (κ3) is 7.98. The van der Waals surface area contributed by atoms with E-state index in [1.54, 1.807) is 0 Å². The van der Waals surface area contributed by atoms with E-state index in [0.29, 0.717) is 33.7 Å².